The third-order valence-corrected chi connectivity index (χ3v) is 5.29. The van der Waals surface area contributed by atoms with Gasteiger partial charge in [-0.15, -0.1) is 0 Å². The number of anilines is 2. The maximum atomic E-state index is 6.03. The van der Waals surface area contributed by atoms with Gasteiger partial charge in [-0.05, 0) is 49.9 Å². The average molecular weight is 279 g/mol. The van der Waals surface area contributed by atoms with E-state index in [1.54, 1.807) is 0 Å². The van der Waals surface area contributed by atoms with Crippen LogP contribution in [0.4, 0.5) is 11.8 Å². The van der Waals surface area contributed by atoms with Gasteiger partial charge in [0.15, 0.2) is 0 Å². The van der Waals surface area contributed by atoms with E-state index < -0.39 is 0 Å². The Morgan fingerprint density at radius 3 is 2.42 bits per heavy atom. The van der Waals surface area contributed by atoms with Crippen molar-refractivity contribution in [2.75, 3.05) is 17.2 Å². The molecule has 1 aromatic rings. The van der Waals surface area contributed by atoms with E-state index in [0.29, 0.717) is 11.2 Å². The maximum absolute atomic E-state index is 6.03. The van der Waals surface area contributed by atoms with Gasteiger partial charge in [-0.2, -0.15) is 4.98 Å². The number of nitrogens with zero attached hydrogens (tertiary/aromatic N) is 3. The van der Waals surface area contributed by atoms with E-state index in [-0.39, 0.29) is 5.95 Å². The topological polar surface area (TPSA) is 55.0 Å². The molecular formula is C14H19ClN4. The molecule has 0 radical (unpaired) electrons. The minimum atomic E-state index is 0.284. The van der Waals surface area contributed by atoms with E-state index in [0.717, 1.165) is 30.1 Å². The molecule has 2 unspecified atom stereocenters. The molecule has 19 heavy (non-hydrogen) atoms. The lowest BCUT2D eigenvalue weighted by molar-refractivity contribution is 0.157. The molecule has 0 spiro atoms. The van der Waals surface area contributed by atoms with Gasteiger partial charge in [0.2, 0.25) is 5.95 Å². The molecule has 3 heterocycles. The molecule has 5 heteroatoms. The molecular weight excluding hydrogens is 260 g/mol. The first-order valence-electron chi connectivity index (χ1n) is 7.24. The molecule has 1 aromatic heterocycles. The van der Waals surface area contributed by atoms with Crippen molar-refractivity contribution in [3.8, 4) is 0 Å². The van der Waals surface area contributed by atoms with Crippen molar-refractivity contribution in [2.45, 2.75) is 38.1 Å². The lowest BCUT2D eigenvalue weighted by Gasteiger charge is -2.39. The standard InChI is InChI=1S/C14H19ClN4/c15-12-6-13(18-14(16)17-12)19-7-10-2-8-1-9(3-10)5-11(19)4-8/h6,8-11H,1-5,7H2,(H2,16,17,18)/t8-,9+,10?,11?. The SMILES string of the molecule is Nc1nc(Cl)cc(N2CC3C[C@@H]4CC2C[C@H](C3)C4)n1. The normalized spacial score (nSPS) is 36.6. The maximum Gasteiger partial charge on any atom is 0.223 e. The molecule has 5 rings (SSSR count). The third-order valence-electron chi connectivity index (χ3n) is 5.10. The van der Waals surface area contributed by atoms with E-state index >= 15 is 0 Å². The van der Waals surface area contributed by atoms with Crippen LogP contribution in [0.3, 0.4) is 0 Å². The molecule has 2 aliphatic carbocycles. The number of hydrogen-bond donors (Lipinski definition) is 1. The van der Waals surface area contributed by atoms with Crippen LogP contribution in [0, 0.1) is 17.8 Å². The molecule has 4 bridgehead atoms. The predicted octanol–water partition coefficient (Wildman–Crippen LogP) is 2.73. The fraction of sp³-hybridized carbons (Fsp3) is 0.714. The molecule has 4 fully saturated rings. The van der Waals surface area contributed by atoms with E-state index in [2.05, 4.69) is 14.9 Å². The van der Waals surface area contributed by atoms with Gasteiger partial charge in [-0.1, -0.05) is 11.6 Å². The quantitative estimate of drug-likeness (QED) is 0.803. The van der Waals surface area contributed by atoms with Crippen LogP contribution >= 0.6 is 11.6 Å². The molecule has 102 valence electrons. The number of nitrogens with two attached hydrogens (primary N) is 1. The molecule has 2 aliphatic heterocycles. The van der Waals surface area contributed by atoms with Crippen LogP contribution in [-0.2, 0) is 0 Å². The van der Waals surface area contributed by atoms with Gasteiger partial charge in [0.05, 0.1) is 0 Å². The Morgan fingerprint density at radius 2 is 1.74 bits per heavy atom. The fourth-order valence-corrected chi connectivity index (χ4v) is 4.82. The third kappa shape index (κ3) is 2.06. The van der Waals surface area contributed by atoms with Crippen LogP contribution in [0.15, 0.2) is 6.07 Å². The van der Waals surface area contributed by atoms with Gasteiger partial charge < -0.3 is 10.6 Å². The summed E-state index contributed by atoms with van der Waals surface area (Å²) in [5, 5.41) is 0.450. The summed E-state index contributed by atoms with van der Waals surface area (Å²) in [6, 6.07) is 2.49. The second-order valence-corrected chi connectivity index (χ2v) is 6.88. The highest BCUT2D eigenvalue weighted by Crippen LogP contribution is 2.48. The predicted molar refractivity (Wildman–Crippen MR) is 76.1 cm³/mol. The molecule has 2 saturated heterocycles. The van der Waals surface area contributed by atoms with E-state index in [1.165, 1.54) is 32.1 Å². The number of halogens is 1. The van der Waals surface area contributed by atoms with Crippen LogP contribution in [0.1, 0.15) is 32.1 Å². The van der Waals surface area contributed by atoms with Crippen molar-refractivity contribution in [1.82, 2.24) is 9.97 Å². The van der Waals surface area contributed by atoms with Crippen molar-refractivity contribution in [1.29, 1.82) is 0 Å². The van der Waals surface area contributed by atoms with Gasteiger partial charge in [0, 0.05) is 18.7 Å². The molecule has 4 aliphatic rings. The minimum absolute atomic E-state index is 0.284. The van der Waals surface area contributed by atoms with Gasteiger partial charge >= 0.3 is 0 Å². The number of rotatable bonds is 1. The summed E-state index contributed by atoms with van der Waals surface area (Å²) in [6.45, 7) is 1.12. The largest absolute Gasteiger partial charge is 0.368 e. The van der Waals surface area contributed by atoms with Gasteiger partial charge in [-0.3, -0.25) is 0 Å². The Hall–Kier alpha value is -1.03. The zero-order valence-electron chi connectivity index (χ0n) is 10.9. The number of fused-ring (bicyclic) bond motifs is 1. The Kier molecular flexibility index (Phi) is 2.62. The highest BCUT2D eigenvalue weighted by molar-refractivity contribution is 6.29. The molecule has 0 aromatic carbocycles. The van der Waals surface area contributed by atoms with Crippen molar-refractivity contribution >= 4 is 23.4 Å². The highest BCUT2D eigenvalue weighted by Gasteiger charge is 2.43. The summed E-state index contributed by atoms with van der Waals surface area (Å²) in [7, 11) is 0. The summed E-state index contributed by atoms with van der Waals surface area (Å²) >= 11 is 6.03. The summed E-state index contributed by atoms with van der Waals surface area (Å²) in [5.74, 6) is 3.90. The number of hydrogen-bond acceptors (Lipinski definition) is 4. The number of aromatic nitrogens is 2. The zero-order chi connectivity index (χ0) is 13.0. The molecule has 2 N–H and O–H groups in total. The van der Waals surface area contributed by atoms with Crippen LogP contribution in [0.2, 0.25) is 5.15 Å². The van der Waals surface area contributed by atoms with Crippen LogP contribution in [0.25, 0.3) is 0 Å². The van der Waals surface area contributed by atoms with Gasteiger partial charge in [-0.25, -0.2) is 4.98 Å². The smallest absolute Gasteiger partial charge is 0.223 e. The first kappa shape index (κ1) is 11.8. The second kappa shape index (κ2) is 4.23. The van der Waals surface area contributed by atoms with Crippen molar-refractivity contribution in [3.63, 3.8) is 0 Å². The Labute approximate surface area is 118 Å². The number of nitrogen functional groups attached to an aromatic ring is 1. The van der Waals surface area contributed by atoms with E-state index in [4.69, 9.17) is 17.3 Å². The molecule has 0 amide bonds. The van der Waals surface area contributed by atoms with Crippen molar-refractivity contribution in [2.24, 2.45) is 17.8 Å². The summed E-state index contributed by atoms with van der Waals surface area (Å²) in [6.07, 6.45) is 6.88. The fourth-order valence-electron chi connectivity index (χ4n) is 4.63. The first-order valence-corrected chi connectivity index (χ1v) is 7.62. The second-order valence-electron chi connectivity index (χ2n) is 6.49. The summed E-state index contributed by atoms with van der Waals surface area (Å²) in [5.41, 5.74) is 5.75. The lowest BCUT2D eigenvalue weighted by Crippen LogP contribution is -2.38. The summed E-state index contributed by atoms with van der Waals surface area (Å²) in [4.78, 5) is 10.8. The Bertz CT molecular complexity index is 472. The van der Waals surface area contributed by atoms with Crippen LogP contribution in [-0.4, -0.2) is 22.6 Å². The highest BCUT2D eigenvalue weighted by atomic mass is 35.5. The zero-order valence-corrected chi connectivity index (χ0v) is 11.7. The van der Waals surface area contributed by atoms with E-state index in [9.17, 15) is 0 Å². The molecule has 4 nitrogen and oxygen atoms in total. The minimum Gasteiger partial charge on any atom is -0.368 e. The van der Waals surface area contributed by atoms with Crippen LogP contribution < -0.4 is 10.6 Å². The van der Waals surface area contributed by atoms with E-state index in [1.807, 2.05) is 6.07 Å². The van der Waals surface area contributed by atoms with Crippen molar-refractivity contribution < 1.29 is 0 Å². The van der Waals surface area contributed by atoms with Crippen LogP contribution in [0.5, 0.6) is 0 Å². The average Bonchev–Trinajstić information content (AvgIpc) is 2.52. The van der Waals surface area contributed by atoms with Gasteiger partial charge in [0.1, 0.15) is 11.0 Å². The molecule has 4 atom stereocenters. The monoisotopic (exact) mass is 278 g/mol. The Balaban J connectivity index is 1.71. The lowest BCUT2D eigenvalue weighted by atomic mass is 9.68. The molecule has 2 saturated carbocycles. The summed E-state index contributed by atoms with van der Waals surface area (Å²) < 4.78 is 0. The van der Waals surface area contributed by atoms with Crippen molar-refractivity contribution in [3.05, 3.63) is 11.2 Å². The first-order chi connectivity index (χ1) is 9.17. The Morgan fingerprint density at radius 1 is 1.05 bits per heavy atom. The van der Waals surface area contributed by atoms with Gasteiger partial charge in [0.25, 0.3) is 0 Å².